The molecular formula is C23H36N4O4. The van der Waals surface area contributed by atoms with Gasteiger partial charge >= 0.3 is 0 Å². The van der Waals surface area contributed by atoms with Gasteiger partial charge < -0.3 is 20.5 Å². The molecule has 2 fully saturated rings. The lowest BCUT2D eigenvalue weighted by molar-refractivity contribution is -0.142. The lowest BCUT2D eigenvalue weighted by atomic mass is 9.51. The monoisotopic (exact) mass is 432 g/mol. The van der Waals surface area contributed by atoms with E-state index in [0.29, 0.717) is 18.7 Å². The van der Waals surface area contributed by atoms with Crippen LogP contribution in [0.15, 0.2) is 18.7 Å². The highest BCUT2D eigenvalue weighted by Crippen LogP contribution is 2.55. The molecule has 0 spiro atoms. The third kappa shape index (κ3) is 5.06. The maximum Gasteiger partial charge on any atom is 0.254 e. The summed E-state index contributed by atoms with van der Waals surface area (Å²) >= 11 is 0. The largest absolute Gasteiger partial charge is 0.392 e. The van der Waals surface area contributed by atoms with Gasteiger partial charge in [-0.15, -0.1) is 0 Å². The van der Waals surface area contributed by atoms with Crippen LogP contribution in [0.4, 0.5) is 0 Å². The molecule has 0 radical (unpaired) electrons. The molecule has 3 rings (SSSR count). The average Bonchev–Trinajstić information content (AvgIpc) is 2.76. The number of ether oxygens (including phenoxy) is 1. The first-order valence-corrected chi connectivity index (χ1v) is 11.3. The molecule has 2 saturated carbocycles. The number of carbonyl (C=O) groups excluding carboxylic acids is 2. The molecule has 0 unspecified atom stereocenters. The molecule has 0 aromatic carbocycles. The Bertz CT molecular complexity index is 761. The number of carbonyl (C=O) groups is 2. The van der Waals surface area contributed by atoms with Gasteiger partial charge in [-0.1, -0.05) is 20.8 Å². The maximum absolute atomic E-state index is 12.7. The number of fused-ring (bicyclic) bond motifs is 1. The number of aliphatic hydroxyl groups is 1. The van der Waals surface area contributed by atoms with E-state index in [9.17, 15) is 14.7 Å². The standard InChI is InChI=1S/C23H36N4O4/c1-14(21(29)26-9-10-31-4)17-5-7-23(3)8-6-18(15(2)19(23)20(17)28)27-22(30)16-11-24-13-25-12-16/h11-15,17-20,28H,5-10H2,1-4H3,(H,26,29)(H,27,30)/t14-,15+,17-,18-,19+,20-,23-/m0/s1. The minimum atomic E-state index is -0.586. The zero-order chi connectivity index (χ0) is 22.6. The Morgan fingerprint density at radius 2 is 1.97 bits per heavy atom. The van der Waals surface area contributed by atoms with Gasteiger partial charge in [-0.05, 0) is 48.9 Å². The molecule has 0 saturated heterocycles. The molecular weight excluding hydrogens is 396 g/mol. The van der Waals surface area contributed by atoms with E-state index >= 15 is 0 Å². The number of aliphatic hydroxyl groups excluding tert-OH is 1. The van der Waals surface area contributed by atoms with E-state index in [1.165, 1.54) is 18.7 Å². The zero-order valence-electron chi connectivity index (χ0n) is 19.0. The van der Waals surface area contributed by atoms with Crippen LogP contribution in [0.5, 0.6) is 0 Å². The molecule has 7 atom stereocenters. The third-order valence-corrected chi connectivity index (χ3v) is 7.69. The molecule has 2 amide bonds. The summed E-state index contributed by atoms with van der Waals surface area (Å²) in [4.78, 5) is 33.1. The first-order valence-electron chi connectivity index (χ1n) is 11.3. The van der Waals surface area contributed by atoms with Crippen LogP contribution >= 0.6 is 0 Å². The number of hydrogen-bond donors (Lipinski definition) is 3. The molecule has 8 heteroatoms. The van der Waals surface area contributed by atoms with E-state index in [-0.39, 0.29) is 46.9 Å². The minimum Gasteiger partial charge on any atom is -0.392 e. The van der Waals surface area contributed by atoms with Gasteiger partial charge in [-0.2, -0.15) is 0 Å². The third-order valence-electron chi connectivity index (χ3n) is 7.69. The highest BCUT2D eigenvalue weighted by Gasteiger charge is 2.53. The summed E-state index contributed by atoms with van der Waals surface area (Å²) in [7, 11) is 1.60. The fourth-order valence-electron chi connectivity index (χ4n) is 5.80. The fraction of sp³-hybridized carbons (Fsp3) is 0.739. The second-order valence-electron chi connectivity index (χ2n) is 9.55. The van der Waals surface area contributed by atoms with Gasteiger partial charge in [0.15, 0.2) is 0 Å². The molecule has 2 aliphatic carbocycles. The van der Waals surface area contributed by atoms with E-state index in [1.807, 2.05) is 6.92 Å². The summed E-state index contributed by atoms with van der Waals surface area (Å²) in [5, 5.41) is 17.5. The maximum atomic E-state index is 12.7. The van der Waals surface area contributed by atoms with E-state index in [2.05, 4.69) is 34.4 Å². The second kappa shape index (κ2) is 10.0. The fourth-order valence-corrected chi connectivity index (χ4v) is 5.80. The van der Waals surface area contributed by atoms with Gasteiger partial charge in [-0.3, -0.25) is 9.59 Å². The number of nitrogens with one attached hydrogen (secondary N) is 2. The first-order chi connectivity index (χ1) is 14.8. The van der Waals surface area contributed by atoms with E-state index in [0.717, 1.165) is 25.7 Å². The molecule has 0 bridgehead atoms. The van der Waals surface area contributed by atoms with Crippen LogP contribution in [-0.4, -0.2) is 59.3 Å². The Hall–Kier alpha value is -2.06. The molecule has 1 aromatic heterocycles. The van der Waals surface area contributed by atoms with Crippen LogP contribution in [0.3, 0.4) is 0 Å². The summed E-state index contributed by atoms with van der Waals surface area (Å²) in [6.07, 6.45) is 7.46. The molecule has 1 heterocycles. The van der Waals surface area contributed by atoms with E-state index < -0.39 is 6.10 Å². The number of rotatable bonds is 7. The van der Waals surface area contributed by atoms with Crippen molar-refractivity contribution in [2.75, 3.05) is 20.3 Å². The number of nitrogens with zero attached hydrogens (tertiary/aromatic N) is 2. The van der Waals surface area contributed by atoms with Gasteiger partial charge in [0, 0.05) is 38.0 Å². The molecule has 172 valence electrons. The predicted molar refractivity (Wildman–Crippen MR) is 116 cm³/mol. The molecule has 31 heavy (non-hydrogen) atoms. The number of hydrogen-bond acceptors (Lipinski definition) is 6. The van der Waals surface area contributed by atoms with Crippen molar-refractivity contribution in [3.05, 3.63) is 24.3 Å². The summed E-state index contributed by atoms with van der Waals surface area (Å²) in [5.41, 5.74) is 0.449. The summed E-state index contributed by atoms with van der Waals surface area (Å²) in [5.74, 6) is -0.489. The van der Waals surface area contributed by atoms with Crippen molar-refractivity contribution in [1.82, 2.24) is 20.6 Å². The predicted octanol–water partition coefficient (Wildman–Crippen LogP) is 1.80. The van der Waals surface area contributed by atoms with Gasteiger partial charge in [0.05, 0.1) is 18.3 Å². The van der Waals surface area contributed by atoms with Crippen LogP contribution in [-0.2, 0) is 9.53 Å². The Labute approximate surface area is 184 Å². The molecule has 3 N–H and O–H groups in total. The van der Waals surface area contributed by atoms with Crippen molar-refractivity contribution >= 4 is 11.8 Å². The van der Waals surface area contributed by atoms with E-state index in [1.54, 1.807) is 7.11 Å². The van der Waals surface area contributed by atoms with Crippen LogP contribution < -0.4 is 10.6 Å². The van der Waals surface area contributed by atoms with Gasteiger partial charge in [-0.25, -0.2) is 9.97 Å². The number of amides is 2. The van der Waals surface area contributed by atoms with E-state index in [4.69, 9.17) is 4.74 Å². The zero-order valence-corrected chi connectivity index (χ0v) is 19.0. The molecule has 8 nitrogen and oxygen atoms in total. The van der Waals surface area contributed by atoms with Crippen LogP contribution in [0, 0.1) is 29.1 Å². The van der Waals surface area contributed by atoms with Crippen LogP contribution in [0.25, 0.3) is 0 Å². The average molecular weight is 433 g/mol. The van der Waals surface area contributed by atoms with Crippen LogP contribution in [0.1, 0.15) is 56.8 Å². The highest BCUT2D eigenvalue weighted by molar-refractivity contribution is 5.93. The van der Waals surface area contributed by atoms with Crippen molar-refractivity contribution in [2.24, 2.45) is 29.1 Å². The van der Waals surface area contributed by atoms with Crippen molar-refractivity contribution < 1.29 is 19.4 Å². The second-order valence-corrected chi connectivity index (χ2v) is 9.55. The normalized spacial score (nSPS) is 33.8. The SMILES string of the molecule is COCCNC(=O)[C@@H](C)[C@@H]1CC[C@@]2(C)CC[C@H](NC(=O)c3cncnc3)[C@@H](C)[C@@H]2[C@H]1O. The Kier molecular flexibility index (Phi) is 7.64. The van der Waals surface area contributed by atoms with Crippen molar-refractivity contribution in [1.29, 1.82) is 0 Å². The smallest absolute Gasteiger partial charge is 0.254 e. The first kappa shape index (κ1) is 23.6. The lowest BCUT2D eigenvalue weighted by Crippen LogP contribution is -2.58. The summed E-state index contributed by atoms with van der Waals surface area (Å²) in [6.45, 7) is 7.21. The molecule has 1 aromatic rings. The van der Waals surface area contributed by atoms with Crippen molar-refractivity contribution in [2.45, 2.75) is 58.6 Å². The quantitative estimate of drug-likeness (QED) is 0.566. The van der Waals surface area contributed by atoms with Crippen LogP contribution in [0.2, 0.25) is 0 Å². The Balaban J connectivity index is 1.70. The number of methoxy groups -OCH3 is 1. The Morgan fingerprint density at radius 3 is 2.65 bits per heavy atom. The lowest BCUT2D eigenvalue weighted by Gasteiger charge is -2.56. The summed E-state index contributed by atoms with van der Waals surface area (Å²) < 4.78 is 5.01. The Morgan fingerprint density at radius 1 is 1.29 bits per heavy atom. The van der Waals surface area contributed by atoms with Gasteiger partial charge in [0.1, 0.15) is 6.33 Å². The topological polar surface area (TPSA) is 113 Å². The van der Waals surface area contributed by atoms with Crippen molar-refractivity contribution in [3.8, 4) is 0 Å². The summed E-state index contributed by atoms with van der Waals surface area (Å²) in [6, 6.07) is -0.0370. The molecule has 2 aliphatic rings. The minimum absolute atomic E-state index is 0.0126. The molecule has 0 aliphatic heterocycles. The number of aromatic nitrogens is 2. The van der Waals surface area contributed by atoms with Crippen molar-refractivity contribution in [3.63, 3.8) is 0 Å². The van der Waals surface area contributed by atoms with Gasteiger partial charge in [0.25, 0.3) is 5.91 Å². The highest BCUT2D eigenvalue weighted by atomic mass is 16.5. The van der Waals surface area contributed by atoms with Gasteiger partial charge in [0.2, 0.25) is 5.91 Å².